The largest absolute Gasteiger partial charge is 0.479 e. The van der Waals surface area contributed by atoms with Crippen LogP contribution in [0.4, 0.5) is 5.69 Å². The van der Waals surface area contributed by atoms with Crippen molar-refractivity contribution in [1.29, 1.82) is 0 Å². The predicted molar refractivity (Wildman–Crippen MR) is 151 cm³/mol. The van der Waals surface area contributed by atoms with E-state index in [1.165, 1.54) is 4.31 Å². The zero-order valence-corrected chi connectivity index (χ0v) is 23.2. The number of likely N-dealkylation sites (N-methyl/N-ethyl adjacent to an activating group) is 1. The van der Waals surface area contributed by atoms with Gasteiger partial charge in [-0.05, 0) is 36.2 Å². The standard InChI is InChI=1S/C28H35N5O6S/c1-29-28(35)27(23(20-6-3-2-4-7-20)19-32-13-11-21(34)18-32)39-25-10-9-24(26-22(25)8-5-12-30-26)31-40(36,37)33-14-16-38-17-15-33/h2-10,12,21,23,27,31,34H,11,13-19H2,1H3,(H,29,35)/t21-,23+,27?/m0/s1. The Morgan fingerprint density at radius 2 is 1.90 bits per heavy atom. The molecule has 0 spiro atoms. The summed E-state index contributed by atoms with van der Waals surface area (Å²) in [5.41, 5.74) is 1.66. The van der Waals surface area contributed by atoms with Crippen LogP contribution < -0.4 is 14.8 Å². The molecule has 214 valence electrons. The summed E-state index contributed by atoms with van der Waals surface area (Å²) < 4.78 is 41.9. The Hall–Kier alpha value is -3.29. The highest BCUT2D eigenvalue weighted by atomic mass is 32.2. The van der Waals surface area contributed by atoms with Crippen LogP contribution in [0.2, 0.25) is 0 Å². The van der Waals surface area contributed by atoms with Crippen LogP contribution in [0.5, 0.6) is 5.75 Å². The Balaban J connectivity index is 1.48. The molecule has 1 amide bonds. The number of pyridine rings is 1. The van der Waals surface area contributed by atoms with Gasteiger partial charge in [0.1, 0.15) is 5.75 Å². The number of nitrogens with one attached hydrogen (secondary N) is 2. The van der Waals surface area contributed by atoms with Gasteiger partial charge in [0, 0.05) is 57.3 Å². The first-order valence-corrected chi connectivity index (χ1v) is 14.9. The molecule has 0 radical (unpaired) electrons. The molecule has 2 fully saturated rings. The van der Waals surface area contributed by atoms with Crippen molar-refractivity contribution < 1.29 is 27.8 Å². The van der Waals surface area contributed by atoms with Crippen LogP contribution >= 0.6 is 0 Å². The van der Waals surface area contributed by atoms with Gasteiger partial charge >= 0.3 is 10.2 Å². The summed E-state index contributed by atoms with van der Waals surface area (Å²) in [6.07, 6.45) is 0.981. The van der Waals surface area contributed by atoms with Crippen molar-refractivity contribution in [1.82, 2.24) is 19.5 Å². The third-order valence-electron chi connectivity index (χ3n) is 7.33. The second kappa shape index (κ2) is 12.5. The Kier molecular flexibility index (Phi) is 8.81. The van der Waals surface area contributed by atoms with Crippen LogP contribution in [-0.4, -0.2) is 98.8 Å². The first-order valence-electron chi connectivity index (χ1n) is 13.4. The van der Waals surface area contributed by atoms with E-state index in [-0.39, 0.29) is 31.0 Å². The molecule has 1 aromatic heterocycles. The number of nitrogens with zero attached hydrogens (tertiary/aromatic N) is 3. The zero-order valence-electron chi connectivity index (χ0n) is 22.4. The van der Waals surface area contributed by atoms with Gasteiger partial charge in [0.25, 0.3) is 5.91 Å². The monoisotopic (exact) mass is 569 g/mol. The molecular weight excluding hydrogens is 534 g/mol. The number of hydrogen-bond acceptors (Lipinski definition) is 8. The normalized spacial score (nSPS) is 20.2. The number of carbonyl (C=O) groups excluding carboxylic acids is 1. The lowest BCUT2D eigenvalue weighted by atomic mass is 9.91. The first kappa shape index (κ1) is 28.2. The van der Waals surface area contributed by atoms with Gasteiger partial charge in [0.05, 0.1) is 30.5 Å². The van der Waals surface area contributed by atoms with Gasteiger partial charge in [-0.25, -0.2) is 0 Å². The average molecular weight is 570 g/mol. The fourth-order valence-electron chi connectivity index (χ4n) is 5.25. The van der Waals surface area contributed by atoms with E-state index in [0.717, 1.165) is 12.1 Å². The number of aromatic nitrogens is 1. The molecule has 0 bridgehead atoms. The van der Waals surface area contributed by atoms with E-state index in [1.807, 2.05) is 30.3 Å². The lowest BCUT2D eigenvalue weighted by Gasteiger charge is -2.31. The summed E-state index contributed by atoms with van der Waals surface area (Å²) in [5, 5.41) is 13.4. The SMILES string of the molecule is CNC(=O)C(Oc1ccc(NS(=O)(=O)N2CCOCC2)c2ncccc12)[C@H](CN1CC[C@H](O)C1)c1ccccc1. The minimum atomic E-state index is -3.82. The maximum atomic E-state index is 13.3. The molecule has 11 nitrogen and oxygen atoms in total. The highest BCUT2D eigenvalue weighted by molar-refractivity contribution is 7.90. The Morgan fingerprint density at radius 3 is 2.60 bits per heavy atom. The third-order valence-corrected chi connectivity index (χ3v) is 8.86. The van der Waals surface area contributed by atoms with Crippen LogP contribution in [0, 0.1) is 0 Å². The number of amides is 1. The molecule has 0 aliphatic carbocycles. The number of fused-ring (bicyclic) bond motifs is 1. The summed E-state index contributed by atoms with van der Waals surface area (Å²) in [5.74, 6) is -0.214. The minimum Gasteiger partial charge on any atom is -0.479 e. The van der Waals surface area contributed by atoms with Gasteiger partial charge < -0.3 is 19.9 Å². The lowest BCUT2D eigenvalue weighted by molar-refractivity contribution is -0.128. The number of morpholine rings is 1. The molecule has 0 saturated carbocycles. The first-order chi connectivity index (χ1) is 19.4. The van der Waals surface area contributed by atoms with Crippen LogP contribution in [0.3, 0.4) is 0 Å². The quantitative estimate of drug-likeness (QED) is 0.335. The highest BCUT2D eigenvalue weighted by Crippen LogP contribution is 2.34. The molecule has 3 N–H and O–H groups in total. The van der Waals surface area contributed by atoms with E-state index in [4.69, 9.17) is 9.47 Å². The summed E-state index contributed by atoms with van der Waals surface area (Å²) in [6.45, 7) is 3.01. The minimum absolute atomic E-state index is 0.268. The van der Waals surface area contributed by atoms with Gasteiger partial charge in [-0.1, -0.05) is 30.3 Å². The van der Waals surface area contributed by atoms with Gasteiger partial charge in [-0.3, -0.25) is 19.4 Å². The van der Waals surface area contributed by atoms with E-state index in [9.17, 15) is 18.3 Å². The number of β-amino-alcohol motifs (C(OH)–C–C–N with tert-alkyl or cyclic N) is 1. The van der Waals surface area contributed by atoms with Crippen LogP contribution in [0.15, 0.2) is 60.8 Å². The van der Waals surface area contributed by atoms with Crippen molar-refractivity contribution in [2.24, 2.45) is 0 Å². The number of ether oxygens (including phenoxy) is 2. The maximum absolute atomic E-state index is 13.3. The number of aliphatic hydroxyl groups is 1. The fourth-order valence-corrected chi connectivity index (χ4v) is 6.45. The summed E-state index contributed by atoms with van der Waals surface area (Å²) in [6, 6.07) is 16.5. The molecule has 2 aromatic carbocycles. The second-order valence-corrected chi connectivity index (χ2v) is 11.7. The zero-order chi connectivity index (χ0) is 28.1. The molecule has 2 saturated heterocycles. The molecule has 12 heteroatoms. The summed E-state index contributed by atoms with van der Waals surface area (Å²) in [4.78, 5) is 19.9. The van der Waals surface area contributed by atoms with Crippen molar-refractivity contribution in [2.45, 2.75) is 24.5 Å². The van der Waals surface area contributed by atoms with Crippen molar-refractivity contribution in [3.8, 4) is 5.75 Å². The second-order valence-electron chi connectivity index (χ2n) is 10.0. The third kappa shape index (κ3) is 6.37. The van der Waals surface area contributed by atoms with Crippen molar-refractivity contribution in [3.05, 3.63) is 66.4 Å². The van der Waals surface area contributed by atoms with Gasteiger partial charge in [0.15, 0.2) is 6.10 Å². The molecular formula is C28H35N5O6S. The van der Waals surface area contributed by atoms with Crippen molar-refractivity contribution in [2.75, 3.05) is 57.7 Å². The van der Waals surface area contributed by atoms with Crippen molar-refractivity contribution in [3.63, 3.8) is 0 Å². The molecule has 2 aliphatic heterocycles. The Morgan fingerprint density at radius 1 is 1.12 bits per heavy atom. The van der Waals surface area contributed by atoms with E-state index >= 15 is 0 Å². The van der Waals surface area contributed by atoms with Crippen LogP contribution in [0.1, 0.15) is 17.9 Å². The molecule has 3 aromatic rings. The fraction of sp³-hybridized carbons (Fsp3) is 0.429. The lowest BCUT2D eigenvalue weighted by Crippen LogP contribution is -2.45. The van der Waals surface area contributed by atoms with Gasteiger partial charge in [-0.15, -0.1) is 0 Å². The van der Waals surface area contributed by atoms with Crippen LogP contribution in [-0.2, 0) is 19.7 Å². The van der Waals surface area contributed by atoms with E-state index < -0.39 is 16.3 Å². The molecule has 2 aliphatic rings. The molecule has 3 atom stereocenters. The Labute approximate surface area is 234 Å². The maximum Gasteiger partial charge on any atom is 0.301 e. The van der Waals surface area contributed by atoms with Crippen LogP contribution in [0.25, 0.3) is 10.9 Å². The molecule has 40 heavy (non-hydrogen) atoms. The number of likely N-dealkylation sites (tertiary alicyclic amines) is 1. The highest BCUT2D eigenvalue weighted by Gasteiger charge is 2.35. The van der Waals surface area contributed by atoms with Gasteiger partial charge in [0.2, 0.25) is 0 Å². The van der Waals surface area contributed by atoms with Gasteiger partial charge in [-0.2, -0.15) is 12.7 Å². The summed E-state index contributed by atoms with van der Waals surface area (Å²) >= 11 is 0. The molecule has 1 unspecified atom stereocenters. The number of anilines is 1. The molecule has 5 rings (SSSR count). The average Bonchev–Trinajstić information content (AvgIpc) is 3.40. The number of hydrogen-bond donors (Lipinski definition) is 3. The smallest absolute Gasteiger partial charge is 0.301 e. The number of rotatable bonds is 10. The van der Waals surface area contributed by atoms with Crippen molar-refractivity contribution >= 4 is 32.7 Å². The summed E-state index contributed by atoms with van der Waals surface area (Å²) in [7, 11) is -2.24. The van der Waals surface area contributed by atoms with E-state index in [1.54, 1.807) is 37.5 Å². The topological polar surface area (TPSA) is 133 Å². The molecule has 3 heterocycles. The number of aliphatic hydroxyl groups excluding tert-OH is 1. The Bertz CT molecular complexity index is 1420. The van der Waals surface area contributed by atoms with E-state index in [0.29, 0.717) is 55.1 Å². The number of carbonyl (C=O) groups is 1. The van der Waals surface area contributed by atoms with E-state index in [2.05, 4.69) is 19.9 Å². The number of benzene rings is 2. The predicted octanol–water partition coefficient (Wildman–Crippen LogP) is 1.57.